The molecular formula is C14H19FN4. The lowest BCUT2D eigenvalue weighted by Gasteiger charge is -2.15. The topological polar surface area (TPSA) is 42.7 Å². The van der Waals surface area contributed by atoms with E-state index in [2.05, 4.69) is 29.2 Å². The molecule has 0 saturated carbocycles. The minimum Gasteiger partial charge on any atom is -0.303 e. The van der Waals surface area contributed by atoms with Gasteiger partial charge in [0, 0.05) is 12.1 Å². The third kappa shape index (κ3) is 3.38. The van der Waals surface area contributed by atoms with Gasteiger partial charge >= 0.3 is 0 Å². The molecule has 1 atom stereocenters. The fraction of sp³-hybridized carbons (Fsp3) is 0.429. The SMILES string of the molecule is CC(C)n1ncnc1CN[C@H](C)c1cccc(F)c1. The normalized spacial score (nSPS) is 12.9. The van der Waals surface area contributed by atoms with E-state index in [1.165, 1.54) is 6.07 Å². The molecule has 0 amide bonds. The predicted molar refractivity (Wildman–Crippen MR) is 72.1 cm³/mol. The first-order valence-corrected chi connectivity index (χ1v) is 6.45. The molecule has 0 spiro atoms. The zero-order valence-corrected chi connectivity index (χ0v) is 11.5. The molecule has 0 saturated heterocycles. The molecule has 1 aromatic heterocycles. The number of hydrogen-bond acceptors (Lipinski definition) is 3. The third-order valence-corrected chi connectivity index (χ3v) is 3.05. The first-order chi connectivity index (χ1) is 9.08. The van der Waals surface area contributed by atoms with Crippen molar-refractivity contribution in [2.75, 3.05) is 0 Å². The van der Waals surface area contributed by atoms with Crippen molar-refractivity contribution in [3.05, 3.63) is 47.8 Å². The molecule has 19 heavy (non-hydrogen) atoms. The molecule has 1 aromatic carbocycles. The van der Waals surface area contributed by atoms with Gasteiger partial charge in [-0.05, 0) is 38.5 Å². The van der Waals surface area contributed by atoms with Crippen LogP contribution in [0.3, 0.4) is 0 Å². The standard InChI is InChI=1S/C14H19FN4/c1-10(2)19-14(17-9-18-19)8-16-11(3)12-5-4-6-13(15)7-12/h4-7,9-11,16H,8H2,1-3H3/t11-/m1/s1. The average Bonchev–Trinajstić information content (AvgIpc) is 2.84. The Bertz CT molecular complexity index is 536. The predicted octanol–water partition coefficient (Wildman–Crippen LogP) is 2.85. The van der Waals surface area contributed by atoms with Crippen molar-refractivity contribution in [2.24, 2.45) is 0 Å². The molecule has 0 aliphatic rings. The molecule has 2 aromatic rings. The lowest BCUT2D eigenvalue weighted by molar-refractivity contribution is 0.473. The van der Waals surface area contributed by atoms with E-state index in [-0.39, 0.29) is 17.9 Å². The van der Waals surface area contributed by atoms with Crippen molar-refractivity contribution in [3.63, 3.8) is 0 Å². The summed E-state index contributed by atoms with van der Waals surface area (Å²) in [5, 5.41) is 7.52. The summed E-state index contributed by atoms with van der Waals surface area (Å²) in [5.41, 5.74) is 0.926. The van der Waals surface area contributed by atoms with Crippen LogP contribution in [0.25, 0.3) is 0 Å². The minimum atomic E-state index is -0.212. The lowest BCUT2D eigenvalue weighted by Crippen LogP contribution is -2.21. The van der Waals surface area contributed by atoms with Crippen LogP contribution in [0.1, 0.15) is 44.2 Å². The van der Waals surface area contributed by atoms with Gasteiger partial charge in [-0.2, -0.15) is 5.10 Å². The maximum Gasteiger partial charge on any atom is 0.141 e. The second-order valence-electron chi connectivity index (χ2n) is 4.87. The number of nitrogens with zero attached hydrogens (tertiary/aromatic N) is 3. The fourth-order valence-electron chi connectivity index (χ4n) is 1.97. The Morgan fingerprint density at radius 1 is 1.32 bits per heavy atom. The summed E-state index contributed by atoms with van der Waals surface area (Å²) < 4.78 is 15.0. The molecule has 0 unspecified atom stereocenters. The maximum atomic E-state index is 13.2. The quantitative estimate of drug-likeness (QED) is 0.901. The van der Waals surface area contributed by atoms with Crippen molar-refractivity contribution in [2.45, 2.75) is 39.4 Å². The van der Waals surface area contributed by atoms with Crippen LogP contribution in [0.4, 0.5) is 4.39 Å². The summed E-state index contributed by atoms with van der Waals surface area (Å²) in [6, 6.07) is 6.97. The fourth-order valence-corrected chi connectivity index (χ4v) is 1.97. The van der Waals surface area contributed by atoms with Crippen LogP contribution >= 0.6 is 0 Å². The van der Waals surface area contributed by atoms with Crippen LogP contribution in [0.5, 0.6) is 0 Å². The highest BCUT2D eigenvalue weighted by Gasteiger charge is 2.10. The Kier molecular flexibility index (Phi) is 4.27. The lowest BCUT2D eigenvalue weighted by atomic mass is 10.1. The summed E-state index contributed by atoms with van der Waals surface area (Å²) in [6.07, 6.45) is 1.56. The molecule has 0 radical (unpaired) electrons. The van der Waals surface area contributed by atoms with E-state index in [0.717, 1.165) is 11.4 Å². The van der Waals surface area contributed by atoms with Crippen LogP contribution in [-0.2, 0) is 6.54 Å². The van der Waals surface area contributed by atoms with Gasteiger partial charge in [0.2, 0.25) is 0 Å². The van der Waals surface area contributed by atoms with Gasteiger partial charge in [-0.3, -0.25) is 0 Å². The number of aromatic nitrogens is 3. The second-order valence-corrected chi connectivity index (χ2v) is 4.87. The molecule has 102 valence electrons. The van der Waals surface area contributed by atoms with Crippen LogP contribution < -0.4 is 5.32 Å². The average molecular weight is 262 g/mol. The third-order valence-electron chi connectivity index (χ3n) is 3.05. The van der Waals surface area contributed by atoms with Gasteiger partial charge in [0.25, 0.3) is 0 Å². The van der Waals surface area contributed by atoms with Crippen LogP contribution in [0.2, 0.25) is 0 Å². The highest BCUT2D eigenvalue weighted by Crippen LogP contribution is 2.14. The number of halogens is 1. The summed E-state index contributed by atoms with van der Waals surface area (Å²) >= 11 is 0. The molecule has 0 bridgehead atoms. The van der Waals surface area contributed by atoms with E-state index in [9.17, 15) is 4.39 Å². The number of hydrogen-bond donors (Lipinski definition) is 1. The van der Waals surface area contributed by atoms with Gasteiger partial charge in [-0.1, -0.05) is 12.1 Å². The Hall–Kier alpha value is -1.75. The molecule has 5 heteroatoms. The zero-order valence-electron chi connectivity index (χ0n) is 11.5. The Labute approximate surface area is 112 Å². The summed E-state index contributed by atoms with van der Waals surface area (Å²) in [6.45, 7) is 6.74. The highest BCUT2D eigenvalue weighted by atomic mass is 19.1. The van der Waals surface area contributed by atoms with Crippen LogP contribution in [-0.4, -0.2) is 14.8 Å². The van der Waals surface area contributed by atoms with E-state index >= 15 is 0 Å². The zero-order chi connectivity index (χ0) is 13.8. The van der Waals surface area contributed by atoms with Gasteiger partial charge in [0.15, 0.2) is 0 Å². The van der Waals surface area contributed by atoms with Gasteiger partial charge in [-0.25, -0.2) is 14.1 Å². The monoisotopic (exact) mass is 262 g/mol. The first kappa shape index (κ1) is 13.7. The van der Waals surface area contributed by atoms with Crippen molar-refractivity contribution >= 4 is 0 Å². The van der Waals surface area contributed by atoms with Crippen molar-refractivity contribution in [3.8, 4) is 0 Å². The molecule has 1 heterocycles. The molecule has 0 aliphatic heterocycles. The highest BCUT2D eigenvalue weighted by molar-refractivity contribution is 5.19. The van der Waals surface area contributed by atoms with Gasteiger partial charge in [0.05, 0.1) is 6.54 Å². The number of rotatable bonds is 5. The molecule has 1 N–H and O–H groups in total. The second kappa shape index (κ2) is 5.93. The van der Waals surface area contributed by atoms with Crippen molar-refractivity contribution < 1.29 is 4.39 Å². The van der Waals surface area contributed by atoms with E-state index < -0.39 is 0 Å². The Balaban J connectivity index is 2.00. The largest absolute Gasteiger partial charge is 0.303 e. The smallest absolute Gasteiger partial charge is 0.141 e. The van der Waals surface area contributed by atoms with Crippen LogP contribution in [0.15, 0.2) is 30.6 Å². The van der Waals surface area contributed by atoms with Crippen LogP contribution in [0, 0.1) is 5.82 Å². The molecule has 4 nitrogen and oxygen atoms in total. The van der Waals surface area contributed by atoms with Gasteiger partial charge < -0.3 is 5.32 Å². The minimum absolute atomic E-state index is 0.0630. The molecule has 0 aliphatic carbocycles. The van der Waals surface area contributed by atoms with Gasteiger partial charge in [-0.15, -0.1) is 0 Å². The first-order valence-electron chi connectivity index (χ1n) is 6.45. The molecule has 2 rings (SSSR count). The number of nitrogens with one attached hydrogen (secondary N) is 1. The number of benzene rings is 1. The van der Waals surface area contributed by atoms with E-state index in [1.807, 2.05) is 17.7 Å². The Morgan fingerprint density at radius 2 is 2.11 bits per heavy atom. The van der Waals surface area contributed by atoms with E-state index in [4.69, 9.17) is 0 Å². The van der Waals surface area contributed by atoms with Crippen molar-refractivity contribution in [1.82, 2.24) is 20.1 Å². The van der Waals surface area contributed by atoms with E-state index in [1.54, 1.807) is 18.5 Å². The molecule has 0 fully saturated rings. The Morgan fingerprint density at radius 3 is 2.79 bits per heavy atom. The maximum absolute atomic E-state index is 13.2. The molecular weight excluding hydrogens is 243 g/mol. The van der Waals surface area contributed by atoms with E-state index in [0.29, 0.717) is 6.54 Å². The van der Waals surface area contributed by atoms with Crippen molar-refractivity contribution in [1.29, 1.82) is 0 Å². The summed E-state index contributed by atoms with van der Waals surface area (Å²) in [4.78, 5) is 4.24. The van der Waals surface area contributed by atoms with Gasteiger partial charge in [0.1, 0.15) is 18.0 Å². The summed E-state index contributed by atoms with van der Waals surface area (Å²) in [5.74, 6) is 0.676. The summed E-state index contributed by atoms with van der Waals surface area (Å²) in [7, 11) is 0.